The molecule has 0 spiro atoms. The zero-order valence-electron chi connectivity index (χ0n) is 6.96. The first-order valence-corrected chi connectivity index (χ1v) is 4.17. The van der Waals surface area contributed by atoms with E-state index in [-0.39, 0.29) is 5.78 Å². The maximum absolute atomic E-state index is 11.4. The molecular formula is C10H10O2. The third-order valence-electron chi connectivity index (χ3n) is 1.93. The zero-order valence-corrected chi connectivity index (χ0v) is 6.96. The third kappa shape index (κ3) is 1.09. The summed E-state index contributed by atoms with van der Waals surface area (Å²) in [6.45, 7) is 2.00. The fourth-order valence-corrected chi connectivity index (χ4v) is 1.27. The van der Waals surface area contributed by atoms with Gasteiger partial charge in [-0.25, -0.2) is 0 Å². The molecule has 0 unspecified atom stereocenters. The average Bonchev–Trinajstić information content (AvgIpc) is 2.81. The van der Waals surface area contributed by atoms with Crippen LogP contribution in [0.3, 0.4) is 0 Å². The summed E-state index contributed by atoms with van der Waals surface area (Å²) in [7, 11) is 0. The molecular weight excluding hydrogens is 152 g/mol. The van der Waals surface area contributed by atoms with Crippen molar-refractivity contribution in [2.75, 3.05) is 0 Å². The molecule has 1 aromatic carbocycles. The van der Waals surface area contributed by atoms with Gasteiger partial charge in [0.25, 0.3) is 0 Å². The molecule has 0 amide bonds. The number of para-hydroxylation sites is 1. The summed E-state index contributed by atoms with van der Waals surface area (Å²) in [5.74, 6) is 1.83. The van der Waals surface area contributed by atoms with Crippen molar-refractivity contribution in [2.45, 2.75) is 19.8 Å². The van der Waals surface area contributed by atoms with Crippen molar-refractivity contribution in [3.63, 3.8) is 0 Å². The van der Waals surface area contributed by atoms with Crippen LogP contribution < -0.4 is 4.74 Å². The van der Waals surface area contributed by atoms with Crippen LogP contribution in [0.4, 0.5) is 0 Å². The number of carbonyl (C=O) groups is 1. The summed E-state index contributed by atoms with van der Waals surface area (Å²) in [5, 5.41) is 0. The van der Waals surface area contributed by atoms with E-state index in [4.69, 9.17) is 4.74 Å². The highest BCUT2D eigenvalue weighted by Crippen LogP contribution is 2.48. The molecule has 0 saturated heterocycles. The number of Topliss-reactive ketones (excluding diaryl/α,β-unsaturated/α-hetero) is 1. The molecule has 0 bridgehead atoms. The summed E-state index contributed by atoms with van der Waals surface area (Å²) < 4.78 is 5.12. The Labute approximate surface area is 71.2 Å². The average molecular weight is 162 g/mol. The Morgan fingerprint density at radius 1 is 1.50 bits per heavy atom. The largest absolute Gasteiger partial charge is 0.449 e. The Morgan fingerprint density at radius 3 is 3.08 bits per heavy atom. The number of hydrogen-bond donors (Lipinski definition) is 0. The van der Waals surface area contributed by atoms with Crippen LogP contribution in [0.25, 0.3) is 0 Å². The highest BCUT2D eigenvalue weighted by molar-refractivity contribution is 6.01. The lowest BCUT2D eigenvalue weighted by molar-refractivity contribution is 0.0981. The molecule has 0 N–H and O–H groups in total. The smallest absolute Gasteiger partial charge is 0.180 e. The normalized spacial score (nSPS) is 11.8. The maximum Gasteiger partial charge on any atom is 0.180 e. The molecule has 0 fully saturated rings. The lowest BCUT2D eigenvalue weighted by Crippen LogP contribution is -1.95. The molecule has 1 aliphatic heterocycles. The van der Waals surface area contributed by atoms with Gasteiger partial charge in [-0.2, -0.15) is 0 Å². The number of benzene rings is 1. The van der Waals surface area contributed by atoms with Gasteiger partial charge < -0.3 is 4.74 Å². The lowest BCUT2D eigenvalue weighted by atomic mass is 10.1. The van der Waals surface area contributed by atoms with Gasteiger partial charge >= 0.3 is 0 Å². The van der Waals surface area contributed by atoms with Crippen molar-refractivity contribution in [1.82, 2.24) is 0 Å². The van der Waals surface area contributed by atoms with E-state index in [1.807, 2.05) is 25.1 Å². The first-order chi connectivity index (χ1) is 5.83. The van der Waals surface area contributed by atoms with Crippen molar-refractivity contribution in [3.05, 3.63) is 23.8 Å². The van der Waals surface area contributed by atoms with Gasteiger partial charge in [-0.1, -0.05) is 13.0 Å². The van der Waals surface area contributed by atoms with Crippen LogP contribution in [0.1, 0.15) is 30.1 Å². The van der Waals surface area contributed by atoms with Crippen molar-refractivity contribution in [2.24, 2.45) is 0 Å². The van der Waals surface area contributed by atoms with Crippen molar-refractivity contribution in [3.8, 4) is 11.5 Å². The van der Waals surface area contributed by atoms with E-state index in [0.717, 1.165) is 23.5 Å². The number of fused-ring (bicyclic) bond motifs is 1. The molecule has 0 saturated carbocycles. The second-order valence-corrected chi connectivity index (χ2v) is 2.91. The third-order valence-corrected chi connectivity index (χ3v) is 1.93. The van der Waals surface area contributed by atoms with Gasteiger partial charge in [0, 0.05) is 6.42 Å². The van der Waals surface area contributed by atoms with E-state index in [1.165, 1.54) is 0 Å². The Morgan fingerprint density at radius 2 is 2.33 bits per heavy atom. The minimum absolute atomic E-state index is 0.187. The molecule has 12 heavy (non-hydrogen) atoms. The van der Waals surface area contributed by atoms with Gasteiger partial charge in [0.15, 0.2) is 17.3 Å². The first kappa shape index (κ1) is 7.35. The SMILES string of the molecule is CCCC(=O)c1cccc2c1O2. The molecule has 2 heteroatoms. The minimum Gasteiger partial charge on any atom is -0.449 e. The van der Waals surface area contributed by atoms with Gasteiger partial charge in [-0.05, 0) is 18.6 Å². The summed E-state index contributed by atoms with van der Waals surface area (Å²) in [6.07, 6.45) is 1.50. The molecule has 0 atom stereocenters. The molecule has 2 nitrogen and oxygen atoms in total. The number of ether oxygens (including phenoxy) is 1. The summed E-state index contributed by atoms with van der Waals surface area (Å²) >= 11 is 0. The number of carbonyl (C=O) groups excluding carboxylic acids is 1. The summed E-state index contributed by atoms with van der Waals surface area (Å²) in [6, 6.07) is 5.55. The minimum atomic E-state index is 0.187. The molecule has 62 valence electrons. The van der Waals surface area contributed by atoms with E-state index >= 15 is 0 Å². The van der Waals surface area contributed by atoms with E-state index in [0.29, 0.717) is 6.42 Å². The molecule has 1 aromatic rings. The monoisotopic (exact) mass is 162 g/mol. The van der Waals surface area contributed by atoms with Crippen LogP contribution in [0.15, 0.2) is 18.2 Å². The number of rotatable bonds is 3. The zero-order chi connectivity index (χ0) is 8.55. The maximum atomic E-state index is 11.4. The number of ketones is 1. The van der Waals surface area contributed by atoms with E-state index in [1.54, 1.807) is 0 Å². The summed E-state index contributed by atoms with van der Waals surface area (Å²) in [5.41, 5.74) is 0.745. The topological polar surface area (TPSA) is 29.6 Å². The first-order valence-electron chi connectivity index (χ1n) is 4.17. The molecule has 0 aromatic heterocycles. The standard InChI is InChI=1S/C10H10O2/c1-2-4-8(11)7-5-3-6-9-10(7)12-9/h3,5-6H,2,4H2,1H3. The predicted molar refractivity (Wildman–Crippen MR) is 45.8 cm³/mol. The van der Waals surface area contributed by atoms with Crippen LogP contribution >= 0.6 is 0 Å². The second kappa shape index (κ2) is 2.63. The predicted octanol–water partition coefficient (Wildman–Crippen LogP) is 2.78. The van der Waals surface area contributed by atoms with Crippen molar-refractivity contribution in [1.29, 1.82) is 0 Å². The van der Waals surface area contributed by atoms with Gasteiger partial charge in [-0.3, -0.25) is 4.79 Å². The quantitative estimate of drug-likeness (QED) is 0.513. The van der Waals surface area contributed by atoms with Crippen LogP contribution in [-0.4, -0.2) is 5.78 Å². The summed E-state index contributed by atoms with van der Waals surface area (Å²) in [4.78, 5) is 11.4. The van der Waals surface area contributed by atoms with Crippen molar-refractivity contribution >= 4 is 5.78 Å². The molecule has 0 radical (unpaired) electrons. The van der Waals surface area contributed by atoms with E-state index in [2.05, 4.69) is 0 Å². The Balaban J connectivity index is 2.25. The molecule has 0 aliphatic carbocycles. The van der Waals surface area contributed by atoms with Crippen LogP contribution in [-0.2, 0) is 0 Å². The number of hydrogen-bond acceptors (Lipinski definition) is 2. The van der Waals surface area contributed by atoms with Crippen LogP contribution in [0, 0.1) is 0 Å². The van der Waals surface area contributed by atoms with Crippen LogP contribution in [0.2, 0.25) is 0 Å². The highest BCUT2D eigenvalue weighted by atomic mass is 16.6. The van der Waals surface area contributed by atoms with Gasteiger partial charge in [-0.15, -0.1) is 0 Å². The van der Waals surface area contributed by atoms with Crippen molar-refractivity contribution < 1.29 is 9.53 Å². The molecule has 1 aliphatic rings. The highest BCUT2D eigenvalue weighted by Gasteiger charge is 2.26. The Kier molecular flexibility index (Phi) is 1.61. The van der Waals surface area contributed by atoms with Gasteiger partial charge in [0.2, 0.25) is 0 Å². The van der Waals surface area contributed by atoms with E-state index in [9.17, 15) is 4.79 Å². The van der Waals surface area contributed by atoms with Gasteiger partial charge in [0.1, 0.15) is 0 Å². The van der Waals surface area contributed by atoms with Gasteiger partial charge in [0.05, 0.1) is 5.56 Å². The fourth-order valence-electron chi connectivity index (χ4n) is 1.27. The second-order valence-electron chi connectivity index (χ2n) is 2.91. The Hall–Kier alpha value is -1.31. The fraction of sp³-hybridized carbons (Fsp3) is 0.300. The van der Waals surface area contributed by atoms with E-state index < -0.39 is 0 Å². The molecule has 2 rings (SSSR count). The van der Waals surface area contributed by atoms with Crippen LogP contribution in [0.5, 0.6) is 11.5 Å². The Bertz CT molecular complexity index is 329. The molecule has 1 heterocycles. The lowest BCUT2D eigenvalue weighted by Gasteiger charge is -1.93.